The predicted octanol–water partition coefficient (Wildman–Crippen LogP) is 5.55. The van der Waals surface area contributed by atoms with Crippen LogP contribution in [0.2, 0.25) is 0 Å². The number of carbonyl (C=O) groups excluding carboxylic acids is 2. The highest BCUT2D eigenvalue weighted by atomic mass is 16.7. The topological polar surface area (TPSA) is 72.2 Å². The molecule has 0 saturated heterocycles. The minimum atomic E-state index is -0.260. The first kappa shape index (κ1) is 25.3. The first-order chi connectivity index (χ1) is 18.3. The minimum Gasteiger partial charge on any atom is -0.464 e. The molecule has 4 fully saturated rings. The van der Waals surface area contributed by atoms with Gasteiger partial charge in [-0.2, -0.15) is 0 Å². The van der Waals surface area contributed by atoms with Crippen molar-refractivity contribution in [1.29, 1.82) is 0 Å². The zero-order chi connectivity index (χ0) is 26.4. The summed E-state index contributed by atoms with van der Waals surface area (Å²) in [6, 6.07) is 9.62. The van der Waals surface area contributed by atoms with Gasteiger partial charge in [0.1, 0.15) is 11.5 Å². The molecule has 2 aromatic rings. The van der Waals surface area contributed by atoms with E-state index in [0.29, 0.717) is 43.1 Å². The number of amides is 2. The van der Waals surface area contributed by atoms with Gasteiger partial charge in [0.05, 0.1) is 18.5 Å². The van der Waals surface area contributed by atoms with E-state index in [9.17, 15) is 9.59 Å². The van der Waals surface area contributed by atoms with Gasteiger partial charge in [-0.25, -0.2) is 0 Å². The summed E-state index contributed by atoms with van der Waals surface area (Å²) in [5.74, 6) is 5.47. The fourth-order valence-electron chi connectivity index (χ4n) is 7.88. The van der Waals surface area contributed by atoms with Crippen LogP contribution >= 0.6 is 0 Å². The van der Waals surface area contributed by atoms with Crippen molar-refractivity contribution in [3.05, 3.63) is 47.4 Å². The van der Waals surface area contributed by atoms with E-state index < -0.39 is 0 Å². The molecule has 4 saturated carbocycles. The molecule has 4 bridgehead atoms. The van der Waals surface area contributed by atoms with E-state index in [2.05, 4.69) is 13.8 Å². The molecule has 2 heterocycles. The SMILES string of the molecule is Cc1ccc(CN(Cc2ccc3c(c2)OCO3)C(=O)CN(CC(C)C)C(=O)C23CC4CC(CC(C4)C2)C3)o1. The van der Waals surface area contributed by atoms with Crippen molar-refractivity contribution in [3.8, 4) is 11.5 Å². The summed E-state index contributed by atoms with van der Waals surface area (Å²) < 4.78 is 16.9. The van der Waals surface area contributed by atoms with Crippen LogP contribution in [-0.2, 0) is 22.7 Å². The molecular formula is C31H40N2O5. The molecule has 0 atom stereocenters. The minimum absolute atomic E-state index is 0.0598. The molecule has 0 spiro atoms. The summed E-state index contributed by atoms with van der Waals surface area (Å²) in [7, 11) is 0. The highest BCUT2D eigenvalue weighted by Gasteiger charge is 2.55. The van der Waals surface area contributed by atoms with Crippen LogP contribution in [0.5, 0.6) is 11.5 Å². The van der Waals surface area contributed by atoms with Gasteiger partial charge in [-0.05, 0) is 98.9 Å². The van der Waals surface area contributed by atoms with Crippen LogP contribution < -0.4 is 9.47 Å². The van der Waals surface area contributed by atoms with Crippen LogP contribution in [0.4, 0.5) is 0 Å². The van der Waals surface area contributed by atoms with Gasteiger partial charge in [-0.3, -0.25) is 9.59 Å². The van der Waals surface area contributed by atoms with E-state index in [4.69, 9.17) is 13.9 Å². The maximum Gasteiger partial charge on any atom is 0.242 e. The van der Waals surface area contributed by atoms with Crippen LogP contribution in [-0.4, -0.2) is 41.5 Å². The molecule has 5 aliphatic rings. The fourth-order valence-corrected chi connectivity index (χ4v) is 7.88. The maximum absolute atomic E-state index is 14.2. The van der Waals surface area contributed by atoms with E-state index in [-0.39, 0.29) is 36.5 Å². The van der Waals surface area contributed by atoms with Gasteiger partial charge in [0, 0.05) is 13.1 Å². The Balaban J connectivity index is 1.23. The summed E-state index contributed by atoms with van der Waals surface area (Å²) in [6.07, 6.45) is 6.90. The Morgan fingerprint density at radius 2 is 1.61 bits per heavy atom. The van der Waals surface area contributed by atoms with Gasteiger partial charge in [0.2, 0.25) is 18.6 Å². The van der Waals surface area contributed by atoms with E-state index in [1.807, 2.05) is 42.2 Å². The molecule has 38 heavy (non-hydrogen) atoms. The van der Waals surface area contributed by atoms with E-state index >= 15 is 0 Å². The largest absolute Gasteiger partial charge is 0.464 e. The summed E-state index contributed by atoms with van der Waals surface area (Å²) in [4.78, 5) is 31.9. The smallest absolute Gasteiger partial charge is 0.242 e. The Morgan fingerprint density at radius 3 is 2.24 bits per heavy atom. The third kappa shape index (κ3) is 5.04. The molecular weight excluding hydrogens is 480 g/mol. The summed E-state index contributed by atoms with van der Waals surface area (Å²) in [5, 5.41) is 0. The van der Waals surface area contributed by atoms with E-state index in [0.717, 1.165) is 42.1 Å². The van der Waals surface area contributed by atoms with Gasteiger partial charge in [-0.1, -0.05) is 19.9 Å². The van der Waals surface area contributed by atoms with Crippen molar-refractivity contribution in [2.75, 3.05) is 19.9 Å². The lowest BCUT2D eigenvalue weighted by Crippen LogP contribution is -2.56. The highest BCUT2D eigenvalue weighted by molar-refractivity contribution is 5.88. The Morgan fingerprint density at radius 1 is 0.921 bits per heavy atom. The third-order valence-corrected chi connectivity index (χ3v) is 9.00. The van der Waals surface area contributed by atoms with Crippen LogP contribution in [0, 0.1) is 36.0 Å². The summed E-state index contributed by atoms with van der Waals surface area (Å²) in [5.41, 5.74) is 0.693. The van der Waals surface area contributed by atoms with E-state index in [1.54, 1.807) is 4.90 Å². The predicted molar refractivity (Wildman–Crippen MR) is 142 cm³/mol. The molecule has 7 nitrogen and oxygen atoms in total. The highest BCUT2D eigenvalue weighted by Crippen LogP contribution is 2.60. The fraction of sp³-hybridized carbons (Fsp3) is 0.613. The molecule has 7 rings (SSSR count). The number of aryl methyl sites for hydroxylation is 1. The lowest BCUT2D eigenvalue weighted by molar-refractivity contribution is -0.161. The van der Waals surface area contributed by atoms with Crippen molar-refractivity contribution in [3.63, 3.8) is 0 Å². The normalized spacial score (nSPS) is 26.7. The van der Waals surface area contributed by atoms with Crippen LogP contribution in [0.15, 0.2) is 34.7 Å². The number of ether oxygens (including phenoxy) is 2. The zero-order valence-corrected chi connectivity index (χ0v) is 22.9. The zero-order valence-electron chi connectivity index (χ0n) is 22.9. The van der Waals surface area contributed by atoms with Gasteiger partial charge >= 0.3 is 0 Å². The molecule has 0 radical (unpaired) electrons. The first-order valence-corrected chi connectivity index (χ1v) is 14.3. The second-order valence-electron chi connectivity index (χ2n) is 12.7. The third-order valence-electron chi connectivity index (χ3n) is 9.00. The van der Waals surface area contributed by atoms with Crippen molar-refractivity contribution in [2.45, 2.75) is 72.4 Å². The average molecular weight is 521 g/mol. The Hall–Kier alpha value is -2.96. The second kappa shape index (κ2) is 9.97. The Kier molecular flexibility index (Phi) is 6.65. The molecule has 1 aromatic heterocycles. The van der Waals surface area contributed by atoms with Crippen molar-refractivity contribution >= 4 is 11.8 Å². The van der Waals surface area contributed by atoms with Crippen LogP contribution in [0.3, 0.4) is 0 Å². The van der Waals surface area contributed by atoms with Gasteiger partial charge in [0.25, 0.3) is 0 Å². The Labute approximate surface area is 225 Å². The number of carbonyl (C=O) groups is 2. The van der Waals surface area contributed by atoms with Crippen molar-refractivity contribution in [2.24, 2.45) is 29.1 Å². The van der Waals surface area contributed by atoms with Gasteiger partial charge in [-0.15, -0.1) is 0 Å². The number of nitrogens with zero attached hydrogens (tertiary/aromatic N) is 2. The van der Waals surface area contributed by atoms with Gasteiger partial charge < -0.3 is 23.7 Å². The number of benzene rings is 1. The Bertz CT molecular complexity index is 1170. The quantitative estimate of drug-likeness (QED) is 0.434. The molecule has 2 amide bonds. The molecule has 1 aromatic carbocycles. The van der Waals surface area contributed by atoms with E-state index in [1.165, 1.54) is 19.3 Å². The number of hydrogen-bond donors (Lipinski definition) is 0. The summed E-state index contributed by atoms with van der Waals surface area (Å²) >= 11 is 0. The van der Waals surface area contributed by atoms with Crippen LogP contribution in [0.1, 0.15) is 69.5 Å². The van der Waals surface area contributed by atoms with Crippen LogP contribution in [0.25, 0.3) is 0 Å². The summed E-state index contributed by atoms with van der Waals surface area (Å²) in [6.45, 7) is 7.82. The lowest BCUT2D eigenvalue weighted by atomic mass is 9.49. The standard InChI is InChI=1S/C31H40N2O5/c1-20(2)15-33(30(35)31-12-23-8-24(13-31)10-25(9-23)14-31)18-29(34)32(17-26-6-4-21(3)38-26)16-22-5-7-27-28(11-22)37-19-36-27/h4-7,11,20,23-25H,8-10,12-19H2,1-3H3. The first-order valence-electron chi connectivity index (χ1n) is 14.3. The number of rotatable bonds is 9. The molecule has 0 N–H and O–H groups in total. The van der Waals surface area contributed by atoms with Gasteiger partial charge in [0.15, 0.2) is 11.5 Å². The molecule has 4 aliphatic carbocycles. The molecule has 204 valence electrons. The number of hydrogen-bond acceptors (Lipinski definition) is 5. The average Bonchev–Trinajstić information content (AvgIpc) is 3.49. The van der Waals surface area contributed by atoms with Crippen molar-refractivity contribution < 1.29 is 23.5 Å². The molecule has 1 aliphatic heterocycles. The number of fused-ring (bicyclic) bond motifs is 1. The van der Waals surface area contributed by atoms with Crippen molar-refractivity contribution in [1.82, 2.24) is 9.80 Å². The second-order valence-corrected chi connectivity index (χ2v) is 12.7. The molecule has 7 heteroatoms. The lowest BCUT2D eigenvalue weighted by Gasteiger charge is -2.56. The monoisotopic (exact) mass is 520 g/mol. The molecule has 0 unspecified atom stereocenters. The maximum atomic E-state index is 14.2. The number of furan rings is 1.